The van der Waals surface area contributed by atoms with Crippen LogP contribution in [0.15, 0.2) is 0 Å². The minimum Gasteiger partial charge on any atom is -0.300 e. The first-order valence-electron chi connectivity index (χ1n) is 3.31. The van der Waals surface area contributed by atoms with Crippen LogP contribution in [0.1, 0.15) is 6.92 Å². The Balaban J connectivity index is 2.86. The van der Waals surface area contributed by atoms with Gasteiger partial charge in [-0.1, -0.05) is 11.6 Å². The lowest BCUT2D eigenvalue weighted by Crippen LogP contribution is -2.31. The lowest BCUT2D eigenvalue weighted by atomic mass is 10.5. The zero-order chi connectivity index (χ0) is 8.59. The van der Waals surface area contributed by atoms with Crippen molar-refractivity contribution in [1.29, 1.82) is 0 Å². The predicted molar refractivity (Wildman–Crippen MR) is 40.2 cm³/mol. The van der Waals surface area contributed by atoms with Crippen molar-refractivity contribution in [1.82, 2.24) is 9.80 Å². The largest absolute Gasteiger partial charge is 0.328 e. The van der Waals surface area contributed by atoms with Gasteiger partial charge in [0.25, 0.3) is 5.91 Å². The Labute approximate surface area is 69.7 Å². The van der Waals surface area contributed by atoms with Gasteiger partial charge in [0.15, 0.2) is 5.50 Å². The summed E-state index contributed by atoms with van der Waals surface area (Å²) in [6.07, 6.45) is 0. The molecule has 0 aromatic carbocycles. The summed E-state index contributed by atoms with van der Waals surface area (Å²) in [6.45, 7) is 2.24. The van der Waals surface area contributed by atoms with Crippen LogP contribution in [0.2, 0.25) is 0 Å². The summed E-state index contributed by atoms with van der Waals surface area (Å²) in [6, 6.07) is -0.322. The maximum Gasteiger partial charge on any atom is 0.328 e. The van der Waals surface area contributed by atoms with E-state index >= 15 is 0 Å². The summed E-state index contributed by atoms with van der Waals surface area (Å²) in [5.41, 5.74) is -0.808. The molecule has 0 bridgehead atoms. The van der Waals surface area contributed by atoms with Crippen LogP contribution in [0.25, 0.3) is 0 Å². The molecule has 11 heavy (non-hydrogen) atoms. The van der Waals surface area contributed by atoms with Crippen LogP contribution >= 0.6 is 11.6 Å². The van der Waals surface area contributed by atoms with Crippen LogP contribution in [0.5, 0.6) is 0 Å². The van der Waals surface area contributed by atoms with E-state index in [1.54, 1.807) is 6.92 Å². The fourth-order valence-electron chi connectivity index (χ4n) is 0.973. The number of carbonyl (C=O) groups is 2. The molecule has 0 aromatic heterocycles. The molecule has 1 heterocycles. The van der Waals surface area contributed by atoms with E-state index in [2.05, 4.69) is 0 Å². The Hall–Kier alpha value is -0.770. The maximum atomic E-state index is 11.1. The van der Waals surface area contributed by atoms with Gasteiger partial charge in [0, 0.05) is 13.6 Å². The fourth-order valence-corrected chi connectivity index (χ4v) is 1.34. The summed E-state index contributed by atoms with van der Waals surface area (Å²) >= 11 is 5.63. The first kappa shape index (κ1) is 8.33. The number of alkyl halides is 1. The van der Waals surface area contributed by atoms with Gasteiger partial charge in [-0.25, -0.2) is 4.79 Å². The average Bonchev–Trinajstić information content (AvgIpc) is 2.17. The van der Waals surface area contributed by atoms with Gasteiger partial charge >= 0.3 is 6.03 Å². The number of carbonyl (C=O) groups excluding carboxylic acids is 2. The normalized spacial score (nSPS) is 25.2. The third kappa shape index (κ3) is 1.07. The number of amides is 3. The number of urea groups is 1. The first-order chi connectivity index (χ1) is 5.09. The molecule has 0 spiro atoms. The quantitative estimate of drug-likeness (QED) is 0.331. The van der Waals surface area contributed by atoms with Crippen molar-refractivity contribution in [2.45, 2.75) is 12.4 Å². The van der Waals surface area contributed by atoms with Crippen molar-refractivity contribution in [3.8, 4) is 0 Å². The molecule has 5 heteroatoms. The van der Waals surface area contributed by atoms with E-state index in [4.69, 9.17) is 11.6 Å². The van der Waals surface area contributed by atoms with E-state index in [0.29, 0.717) is 6.54 Å². The number of nitrogens with zero attached hydrogens (tertiary/aromatic N) is 2. The van der Waals surface area contributed by atoms with Gasteiger partial charge in [0.2, 0.25) is 0 Å². The number of hydrogen-bond acceptors (Lipinski definition) is 2. The summed E-state index contributed by atoms with van der Waals surface area (Å²) in [7, 11) is 1.43. The van der Waals surface area contributed by atoms with Gasteiger partial charge in [0.05, 0.1) is 0 Å². The van der Waals surface area contributed by atoms with Crippen molar-refractivity contribution in [3.05, 3.63) is 0 Å². The molecular weight excluding hydrogens is 168 g/mol. The molecule has 0 aromatic rings. The lowest BCUT2D eigenvalue weighted by Gasteiger charge is -2.13. The second-order valence-electron chi connectivity index (χ2n) is 2.30. The van der Waals surface area contributed by atoms with E-state index in [1.807, 2.05) is 0 Å². The van der Waals surface area contributed by atoms with Gasteiger partial charge in [-0.3, -0.25) is 14.6 Å². The molecule has 1 aliphatic heterocycles. The Bertz CT molecular complexity index is 207. The smallest absolute Gasteiger partial charge is 0.300 e. The molecule has 1 aliphatic rings. The molecule has 1 rings (SSSR count). The monoisotopic (exact) mass is 176 g/mol. The van der Waals surface area contributed by atoms with Crippen molar-refractivity contribution in [3.63, 3.8) is 0 Å². The van der Waals surface area contributed by atoms with Crippen LogP contribution in [0.3, 0.4) is 0 Å². The third-order valence-electron chi connectivity index (χ3n) is 1.68. The highest BCUT2D eigenvalue weighted by Gasteiger charge is 2.40. The van der Waals surface area contributed by atoms with E-state index in [9.17, 15) is 9.59 Å². The molecule has 1 unspecified atom stereocenters. The van der Waals surface area contributed by atoms with Crippen LogP contribution in [-0.4, -0.2) is 40.8 Å². The topological polar surface area (TPSA) is 40.6 Å². The highest BCUT2D eigenvalue weighted by atomic mass is 35.5. The Morgan fingerprint density at radius 1 is 1.55 bits per heavy atom. The predicted octanol–water partition coefficient (Wildman–Crippen LogP) is 0.465. The minimum atomic E-state index is -0.808. The lowest BCUT2D eigenvalue weighted by molar-refractivity contribution is -0.125. The highest BCUT2D eigenvalue weighted by Crippen LogP contribution is 2.17. The first-order valence-corrected chi connectivity index (χ1v) is 3.75. The molecule has 62 valence electrons. The zero-order valence-electron chi connectivity index (χ0n) is 6.37. The van der Waals surface area contributed by atoms with E-state index in [-0.39, 0.29) is 11.9 Å². The average molecular weight is 177 g/mol. The van der Waals surface area contributed by atoms with Crippen molar-refractivity contribution in [2.24, 2.45) is 0 Å². The molecule has 0 aliphatic carbocycles. The summed E-state index contributed by atoms with van der Waals surface area (Å²) in [5.74, 6) is -0.349. The Morgan fingerprint density at radius 3 is 2.27 bits per heavy atom. The number of rotatable bonds is 1. The minimum absolute atomic E-state index is 0.322. The standard InChI is InChI=1S/C6H9ClN2O2/c1-3-9-4(7)5(10)8(2)6(9)11/h4H,3H2,1-2H3. The van der Waals surface area contributed by atoms with Crippen LogP contribution < -0.4 is 0 Å². The van der Waals surface area contributed by atoms with E-state index in [0.717, 1.165) is 4.90 Å². The molecule has 1 fully saturated rings. The fraction of sp³-hybridized carbons (Fsp3) is 0.667. The van der Waals surface area contributed by atoms with Gasteiger partial charge < -0.3 is 0 Å². The second kappa shape index (κ2) is 2.70. The summed E-state index contributed by atoms with van der Waals surface area (Å²) in [5, 5.41) is 0. The van der Waals surface area contributed by atoms with Crippen molar-refractivity contribution in [2.75, 3.05) is 13.6 Å². The Morgan fingerprint density at radius 2 is 2.09 bits per heavy atom. The van der Waals surface area contributed by atoms with Gasteiger partial charge in [-0.15, -0.1) is 0 Å². The summed E-state index contributed by atoms with van der Waals surface area (Å²) < 4.78 is 0. The molecule has 1 saturated heterocycles. The van der Waals surface area contributed by atoms with Gasteiger partial charge in [0.1, 0.15) is 0 Å². The highest BCUT2D eigenvalue weighted by molar-refractivity contribution is 6.34. The summed E-state index contributed by atoms with van der Waals surface area (Å²) in [4.78, 5) is 24.5. The maximum absolute atomic E-state index is 11.1. The number of halogens is 1. The molecular formula is C6H9ClN2O2. The number of hydrogen-bond donors (Lipinski definition) is 0. The molecule has 0 radical (unpaired) electrons. The molecule has 0 saturated carbocycles. The van der Waals surface area contributed by atoms with E-state index < -0.39 is 5.50 Å². The molecule has 1 atom stereocenters. The number of imide groups is 1. The van der Waals surface area contributed by atoms with Crippen molar-refractivity contribution < 1.29 is 9.59 Å². The second-order valence-corrected chi connectivity index (χ2v) is 2.72. The zero-order valence-corrected chi connectivity index (χ0v) is 7.13. The van der Waals surface area contributed by atoms with Gasteiger partial charge in [-0.2, -0.15) is 0 Å². The van der Waals surface area contributed by atoms with E-state index in [1.165, 1.54) is 11.9 Å². The van der Waals surface area contributed by atoms with Crippen LogP contribution in [0.4, 0.5) is 4.79 Å². The Kier molecular flexibility index (Phi) is 2.04. The molecule has 0 N–H and O–H groups in total. The number of likely N-dealkylation sites (N-methyl/N-ethyl adjacent to an activating group) is 2. The van der Waals surface area contributed by atoms with Gasteiger partial charge in [-0.05, 0) is 6.92 Å². The third-order valence-corrected chi connectivity index (χ3v) is 2.10. The SMILES string of the molecule is CCN1C(=O)N(C)C(=O)C1Cl. The van der Waals surface area contributed by atoms with Crippen LogP contribution in [-0.2, 0) is 4.79 Å². The molecule has 4 nitrogen and oxygen atoms in total. The van der Waals surface area contributed by atoms with Crippen molar-refractivity contribution >= 4 is 23.5 Å². The molecule has 3 amide bonds. The van der Waals surface area contributed by atoms with Crippen LogP contribution in [0, 0.1) is 0 Å².